The van der Waals surface area contributed by atoms with Crippen molar-refractivity contribution >= 4 is 28.7 Å². The molecule has 5 rings (SSSR count). The summed E-state index contributed by atoms with van der Waals surface area (Å²) in [4.78, 5) is 32.9. The number of pyridine rings is 1. The number of nitrogens with one attached hydrogen (secondary N) is 2. The number of hydrogen-bond acceptors (Lipinski definition) is 6. The second kappa shape index (κ2) is 7.22. The maximum Gasteiger partial charge on any atom is 0.412 e. The van der Waals surface area contributed by atoms with Gasteiger partial charge in [0.2, 0.25) is 11.8 Å². The van der Waals surface area contributed by atoms with E-state index in [4.69, 9.17) is 14.5 Å². The number of nitrogens with zero attached hydrogens (tertiary/aromatic N) is 3. The van der Waals surface area contributed by atoms with Crippen LogP contribution in [0.3, 0.4) is 0 Å². The van der Waals surface area contributed by atoms with Gasteiger partial charge in [-0.25, -0.2) is 14.8 Å². The van der Waals surface area contributed by atoms with Crippen molar-refractivity contribution in [3.63, 3.8) is 0 Å². The molecule has 4 heterocycles. The van der Waals surface area contributed by atoms with Crippen LogP contribution in [0.25, 0.3) is 22.3 Å². The molecule has 0 radical (unpaired) electrons. The molecule has 1 saturated heterocycles. The highest BCUT2D eigenvalue weighted by atomic mass is 16.6. The Morgan fingerprint density at radius 2 is 2.09 bits per heavy atom. The quantitative estimate of drug-likeness (QED) is 0.651. The maximum absolute atomic E-state index is 12.0. The van der Waals surface area contributed by atoms with E-state index in [1.165, 1.54) is 0 Å². The molecule has 2 aromatic heterocycles. The lowest BCUT2D eigenvalue weighted by atomic mass is 9.93. The molecule has 0 bridgehead atoms. The number of hydrogen-bond donors (Lipinski definition) is 2. The summed E-state index contributed by atoms with van der Waals surface area (Å²) in [6.07, 6.45) is 1.49. The van der Waals surface area contributed by atoms with Crippen LogP contribution < -0.4 is 15.4 Å². The summed E-state index contributed by atoms with van der Waals surface area (Å²) in [6, 6.07) is 7.68. The van der Waals surface area contributed by atoms with Gasteiger partial charge in [0.05, 0.1) is 23.2 Å². The van der Waals surface area contributed by atoms with E-state index in [9.17, 15) is 9.59 Å². The van der Waals surface area contributed by atoms with Gasteiger partial charge in [-0.05, 0) is 32.9 Å². The summed E-state index contributed by atoms with van der Waals surface area (Å²) < 4.78 is 13.5. The van der Waals surface area contributed by atoms with E-state index >= 15 is 0 Å². The molecule has 2 aliphatic heterocycles. The molecule has 2 atom stereocenters. The zero-order valence-electron chi connectivity index (χ0n) is 18.4. The lowest BCUT2D eigenvalue weighted by Crippen LogP contribution is -2.34. The number of imidazole rings is 1. The van der Waals surface area contributed by atoms with Crippen LogP contribution >= 0.6 is 0 Å². The highest BCUT2D eigenvalue weighted by Gasteiger charge is 2.33. The highest BCUT2D eigenvalue weighted by molar-refractivity contribution is 5.91. The minimum Gasteiger partial charge on any atom is -0.473 e. The normalized spacial score (nSPS) is 20.3. The first-order valence-electron chi connectivity index (χ1n) is 10.6. The van der Waals surface area contributed by atoms with Gasteiger partial charge in [0, 0.05) is 37.1 Å². The maximum atomic E-state index is 12.0. The molecule has 0 saturated carbocycles. The van der Waals surface area contributed by atoms with Gasteiger partial charge in [-0.2, -0.15) is 0 Å². The minimum absolute atomic E-state index is 0.0425. The molecule has 0 spiro atoms. The SMILES string of the molecule is CC(Oc1nc(-c2ccc3c(c2)NC(=O)OC3(C)C)cc2ncn(C)c12)C1CNC(=O)C1. The molecule has 2 amide bonds. The fourth-order valence-electron chi connectivity index (χ4n) is 4.35. The van der Waals surface area contributed by atoms with Crippen LogP contribution in [-0.4, -0.2) is 39.2 Å². The Hall–Kier alpha value is -3.62. The molecule has 9 heteroatoms. The number of carbonyl (C=O) groups is 2. The molecule has 166 valence electrons. The number of anilines is 1. The van der Waals surface area contributed by atoms with E-state index in [0.29, 0.717) is 30.2 Å². The van der Waals surface area contributed by atoms with Gasteiger partial charge < -0.3 is 19.4 Å². The number of aryl methyl sites for hydroxylation is 1. The third-order valence-electron chi connectivity index (χ3n) is 6.18. The third-order valence-corrected chi connectivity index (χ3v) is 6.18. The molecule has 1 fully saturated rings. The van der Waals surface area contributed by atoms with E-state index in [0.717, 1.165) is 22.2 Å². The predicted octanol–water partition coefficient (Wildman–Crippen LogP) is 3.34. The molecule has 2 unspecified atom stereocenters. The molecule has 2 aliphatic rings. The van der Waals surface area contributed by atoms with Crippen LogP contribution in [-0.2, 0) is 22.2 Å². The van der Waals surface area contributed by atoms with Crippen molar-refractivity contribution in [2.24, 2.45) is 13.0 Å². The first-order chi connectivity index (χ1) is 15.2. The summed E-state index contributed by atoms with van der Waals surface area (Å²) in [5, 5.41) is 5.63. The molecule has 2 N–H and O–H groups in total. The van der Waals surface area contributed by atoms with E-state index in [1.54, 1.807) is 6.33 Å². The van der Waals surface area contributed by atoms with Crippen LogP contribution in [0.4, 0.5) is 10.5 Å². The van der Waals surface area contributed by atoms with Gasteiger partial charge in [0.15, 0.2) is 0 Å². The number of benzene rings is 1. The Labute approximate surface area is 185 Å². The summed E-state index contributed by atoms with van der Waals surface area (Å²) in [5.74, 6) is 0.591. The molecule has 1 aromatic carbocycles. The highest BCUT2D eigenvalue weighted by Crippen LogP contribution is 2.38. The molecular formula is C23H25N5O4. The van der Waals surface area contributed by atoms with Crippen LogP contribution in [0.15, 0.2) is 30.6 Å². The van der Waals surface area contributed by atoms with Gasteiger partial charge in [-0.15, -0.1) is 0 Å². The van der Waals surface area contributed by atoms with Gasteiger partial charge >= 0.3 is 6.09 Å². The smallest absolute Gasteiger partial charge is 0.412 e. The monoisotopic (exact) mass is 435 g/mol. The van der Waals surface area contributed by atoms with Crippen molar-refractivity contribution in [3.05, 3.63) is 36.2 Å². The number of ether oxygens (including phenoxy) is 2. The number of fused-ring (bicyclic) bond motifs is 2. The van der Waals surface area contributed by atoms with E-state index in [2.05, 4.69) is 15.6 Å². The van der Waals surface area contributed by atoms with E-state index in [1.807, 2.05) is 56.7 Å². The predicted molar refractivity (Wildman–Crippen MR) is 118 cm³/mol. The van der Waals surface area contributed by atoms with Crippen LogP contribution in [0.1, 0.15) is 32.8 Å². The average Bonchev–Trinajstić information content (AvgIpc) is 3.32. The fourth-order valence-corrected chi connectivity index (χ4v) is 4.35. The lowest BCUT2D eigenvalue weighted by molar-refractivity contribution is -0.119. The molecule has 32 heavy (non-hydrogen) atoms. The Morgan fingerprint density at radius 3 is 2.84 bits per heavy atom. The minimum atomic E-state index is -0.717. The number of cyclic esters (lactones) is 1. The van der Waals surface area contributed by atoms with Crippen molar-refractivity contribution in [2.45, 2.75) is 38.9 Å². The van der Waals surface area contributed by atoms with Crippen LogP contribution in [0.5, 0.6) is 5.88 Å². The zero-order valence-corrected chi connectivity index (χ0v) is 18.4. The van der Waals surface area contributed by atoms with Gasteiger partial charge in [0.1, 0.15) is 17.2 Å². The van der Waals surface area contributed by atoms with Crippen molar-refractivity contribution < 1.29 is 19.1 Å². The number of aromatic nitrogens is 3. The fraction of sp³-hybridized carbons (Fsp3) is 0.391. The molecule has 9 nitrogen and oxygen atoms in total. The Morgan fingerprint density at radius 1 is 1.28 bits per heavy atom. The second-order valence-corrected chi connectivity index (χ2v) is 8.91. The zero-order chi connectivity index (χ0) is 22.6. The topological polar surface area (TPSA) is 107 Å². The molecule has 0 aliphatic carbocycles. The van der Waals surface area contributed by atoms with E-state index in [-0.39, 0.29) is 17.9 Å². The first kappa shape index (κ1) is 20.3. The van der Waals surface area contributed by atoms with Crippen LogP contribution in [0, 0.1) is 5.92 Å². The van der Waals surface area contributed by atoms with Crippen LogP contribution in [0.2, 0.25) is 0 Å². The Balaban J connectivity index is 1.55. The Kier molecular flexibility index (Phi) is 4.58. The molecule has 3 aromatic rings. The second-order valence-electron chi connectivity index (χ2n) is 8.91. The summed E-state index contributed by atoms with van der Waals surface area (Å²) >= 11 is 0. The number of carbonyl (C=O) groups excluding carboxylic acids is 2. The van der Waals surface area contributed by atoms with E-state index < -0.39 is 11.7 Å². The number of rotatable bonds is 4. The standard InChI is InChI=1S/C23H25N5O4/c1-12(14-8-19(29)24-10-14)31-21-20-18(25-11-28(20)4)9-16(26-21)13-5-6-15-17(7-13)27-22(30)32-23(15,2)3/h5-7,9,11-12,14H,8,10H2,1-4H3,(H,24,29)(H,27,30). The third kappa shape index (κ3) is 3.43. The van der Waals surface area contributed by atoms with Crippen molar-refractivity contribution in [1.29, 1.82) is 0 Å². The Bertz CT molecular complexity index is 1250. The summed E-state index contributed by atoms with van der Waals surface area (Å²) in [7, 11) is 1.89. The van der Waals surface area contributed by atoms with Gasteiger partial charge in [-0.3, -0.25) is 10.1 Å². The average molecular weight is 435 g/mol. The molecular weight excluding hydrogens is 410 g/mol. The van der Waals surface area contributed by atoms with Gasteiger partial charge in [-0.1, -0.05) is 12.1 Å². The number of amides is 2. The van der Waals surface area contributed by atoms with Gasteiger partial charge in [0.25, 0.3) is 0 Å². The van der Waals surface area contributed by atoms with Crippen molar-refractivity contribution in [2.75, 3.05) is 11.9 Å². The lowest BCUT2D eigenvalue weighted by Gasteiger charge is -2.32. The summed E-state index contributed by atoms with van der Waals surface area (Å²) in [6.45, 7) is 6.27. The van der Waals surface area contributed by atoms with Crippen molar-refractivity contribution in [1.82, 2.24) is 19.9 Å². The first-order valence-corrected chi connectivity index (χ1v) is 10.6. The largest absolute Gasteiger partial charge is 0.473 e. The summed E-state index contributed by atoms with van der Waals surface area (Å²) in [5.41, 5.74) is 3.92. The van der Waals surface area contributed by atoms with Crippen molar-refractivity contribution in [3.8, 4) is 17.1 Å².